The van der Waals surface area contributed by atoms with Crippen LogP contribution in [0, 0.1) is 11.8 Å². The lowest BCUT2D eigenvalue weighted by Crippen LogP contribution is -2.50. The highest BCUT2D eigenvalue weighted by atomic mass is 35.5. The lowest BCUT2D eigenvalue weighted by Gasteiger charge is -2.36. The number of halogens is 4. The van der Waals surface area contributed by atoms with E-state index in [0.29, 0.717) is 23.9 Å². The zero-order chi connectivity index (χ0) is 20.9. The maximum Gasteiger partial charge on any atom is 0.422 e. The third-order valence-electron chi connectivity index (χ3n) is 4.29. The number of amides is 1. The predicted octanol–water partition coefficient (Wildman–Crippen LogP) is 4.34. The van der Waals surface area contributed by atoms with Crippen LogP contribution in [-0.4, -0.2) is 54.9 Å². The summed E-state index contributed by atoms with van der Waals surface area (Å²) in [5.41, 5.74) is 0.753. The van der Waals surface area contributed by atoms with Gasteiger partial charge in [-0.2, -0.15) is 13.2 Å². The van der Waals surface area contributed by atoms with E-state index in [0.717, 1.165) is 5.56 Å². The van der Waals surface area contributed by atoms with Gasteiger partial charge in [0, 0.05) is 36.8 Å². The van der Waals surface area contributed by atoms with Crippen LogP contribution in [0.1, 0.15) is 17.4 Å². The molecule has 5 nitrogen and oxygen atoms in total. The summed E-state index contributed by atoms with van der Waals surface area (Å²) in [4.78, 5) is 15.1. The molecule has 0 bridgehead atoms. The quantitative estimate of drug-likeness (QED) is 0.685. The van der Waals surface area contributed by atoms with Gasteiger partial charge in [0.15, 0.2) is 6.61 Å². The first-order chi connectivity index (χ1) is 13.8. The van der Waals surface area contributed by atoms with Crippen LogP contribution >= 0.6 is 11.6 Å². The summed E-state index contributed by atoms with van der Waals surface area (Å²) in [6.07, 6.45) is -3.96. The molecule has 1 aromatic heterocycles. The van der Waals surface area contributed by atoms with Gasteiger partial charge < -0.3 is 14.1 Å². The number of alkyl halides is 3. The van der Waals surface area contributed by atoms with Crippen molar-refractivity contribution in [2.45, 2.75) is 12.2 Å². The Bertz CT molecular complexity index is 882. The van der Waals surface area contributed by atoms with Crippen molar-refractivity contribution in [3.05, 3.63) is 59.0 Å². The van der Waals surface area contributed by atoms with Crippen molar-refractivity contribution in [2.24, 2.45) is 0 Å². The fourth-order valence-electron chi connectivity index (χ4n) is 2.90. The van der Waals surface area contributed by atoms with E-state index >= 15 is 0 Å². The minimum absolute atomic E-state index is 0.229. The van der Waals surface area contributed by atoms with Crippen LogP contribution in [0.2, 0.25) is 5.02 Å². The molecular weight excluding hydrogens is 409 g/mol. The van der Waals surface area contributed by atoms with Crippen molar-refractivity contribution in [3.8, 4) is 11.8 Å². The first kappa shape index (κ1) is 21.1. The molecule has 1 atom stereocenters. The molecule has 1 amide bonds. The minimum atomic E-state index is -4.54. The third-order valence-corrected chi connectivity index (χ3v) is 4.52. The van der Waals surface area contributed by atoms with Crippen molar-refractivity contribution in [1.29, 1.82) is 0 Å². The second kappa shape index (κ2) is 9.25. The Morgan fingerprint density at radius 1 is 1.21 bits per heavy atom. The van der Waals surface area contributed by atoms with E-state index in [4.69, 9.17) is 16.0 Å². The molecule has 0 spiro atoms. The average molecular weight is 427 g/mol. The van der Waals surface area contributed by atoms with E-state index in [-0.39, 0.29) is 19.1 Å². The van der Waals surface area contributed by atoms with Crippen LogP contribution in [0.3, 0.4) is 0 Å². The molecular formula is C20H18ClF3N2O3. The molecule has 2 heterocycles. The highest BCUT2D eigenvalue weighted by Gasteiger charge is 2.32. The standard InChI is InChI=1S/C20H18ClF3N2O3/c21-16-4-1-3-15(13-16)6-7-17(18-5-2-12-28-18)25-8-10-26(11-9-25)19(27)29-14-20(22,23)24/h1-5,12-13,17H,8-11,14H2. The molecule has 0 N–H and O–H groups in total. The maximum atomic E-state index is 12.2. The normalized spacial score (nSPS) is 16.1. The number of carbonyl (C=O) groups excluding carboxylic acids is 1. The second-order valence-corrected chi connectivity index (χ2v) is 6.83. The Kier molecular flexibility index (Phi) is 6.72. The zero-order valence-electron chi connectivity index (χ0n) is 15.3. The lowest BCUT2D eigenvalue weighted by atomic mass is 10.1. The molecule has 3 rings (SSSR count). The molecule has 1 aliphatic heterocycles. The molecule has 1 unspecified atom stereocenters. The van der Waals surface area contributed by atoms with Crippen LogP contribution in [-0.2, 0) is 4.74 Å². The molecule has 0 radical (unpaired) electrons. The molecule has 29 heavy (non-hydrogen) atoms. The Balaban J connectivity index is 1.66. The summed E-state index contributed by atoms with van der Waals surface area (Å²) in [6.45, 7) is -0.306. The molecule has 1 aromatic carbocycles. The predicted molar refractivity (Wildman–Crippen MR) is 100 cm³/mol. The summed E-state index contributed by atoms with van der Waals surface area (Å²) in [5.74, 6) is 6.89. The Morgan fingerprint density at radius 2 is 1.97 bits per heavy atom. The number of furan rings is 1. The molecule has 154 valence electrons. The number of ether oxygens (including phenoxy) is 1. The van der Waals surface area contributed by atoms with Crippen LogP contribution in [0.25, 0.3) is 0 Å². The van der Waals surface area contributed by atoms with Crippen LogP contribution in [0.15, 0.2) is 47.1 Å². The van der Waals surface area contributed by atoms with Gasteiger partial charge in [0.05, 0.1) is 6.26 Å². The number of hydrogen-bond acceptors (Lipinski definition) is 4. The summed E-state index contributed by atoms with van der Waals surface area (Å²) in [5, 5.41) is 0.581. The van der Waals surface area contributed by atoms with Crippen molar-refractivity contribution >= 4 is 17.7 Å². The van der Waals surface area contributed by atoms with Crippen molar-refractivity contribution in [2.75, 3.05) is 32.8 Å². The van der Waals surface area contributed by atoms with Gasteiger partial charge >= 0.3 is 12.3 Å². The van der Waals surface area contributed by atoms with Crippen molar-refractivity contribution in [1.82, 2.24) is 9.80 Å². The maximum absolute atomic E-state index is 12.2. The van der Waals surface area contributed by atoms with Gasteiger partial charge in [0.2, 0.25) is 0 Å². The number of benzene rings is 1. The number of carbonyl (C=O) groups is 1. The van der Waals surface area contributed by atoms with Gasteiger partial charge in [0.1, 0.15) is 11.8 Å². The monoisotopic (exact) mass is 426 g/mol. The van der Waals surface area contributed by atoms with Crippen molar-refractivity contribution < 1.29 is 27.1 Å². The van der Waals surface area contributed by atoms with Crippen LogP contribution < -0.4 is 0 Å². The zero-order valence-corrected chi connectivity index (χ0v) is 16.0. The molecule has 1 saturated heterocycles. The summed E-state index contributed by atoms with van der Waals surface area (Å²) >= 11 is 5.99. The smallest absolute Gasteiger partial charge is 0.422 e. The van der Waals surface area contributed by atoms with Crippen LogP contribution in [0.4, 0.5) is 18.0 Å². The Morgan fingerprint density at radius 3 is 2.59 bits per heavy atom. The minimum Gasteiger partial charge on any atom is -0.467 e. The molecule has 1 fully saturated rings. The van der Waals surface area contributed by atoms with Crippen molar-refractivity contribution in [3.63, 3.8) is 0 Å². The van der Waals surface area contributed by atoms with E-state index in [1.807, 2.05) is 11.0 Å². The van der Waals surface area contributed by atoms with Gasteiger partial charge in [-0.1, -0.05) is 29.5 Å². The SMILES string of the molecule is O=C(OCC(F)(F)F)N1CCN(C(C#Cc2cccc(Cl)c2)c2ccco2)CC1. The Hall–Kier alpha value is -2.63. The van der Waals surface area contributed by atoms with Gasteiger partial charge in [-0.05, 0) is 30.3 Å². The lowest BCUT2D eigenvalue weighted by molar-refractivity contribution is -0.162. The van der Waals surface area contributed by atoms with Crippen LogP contribution in [0.5, 0.6) is 0 Å². The summed E-state index contributed by atoms with van der Waals surface area (Å²) < 4.78 is 46.5. The molecule has 0 saturated carbocycles. The van der Waals surface area contributed by atoms with E-state index in [9.17, 15) is 18.0 Å². The molecule has 0 aliphatic carbocycles. The van der Waals surface area contributed by atoms with E-state index in [2.05, 4.69) is 16.6 Å². The highest BCUT2D eigenvalue weighted by Crippen LogP contribution is 2.23. The highest BCUT2D eigenvalue weighted by molar-refractivity contribution is 6.30. The van der Waals surface area contributed by atoms with E-state index in [1.165, 1.54) is 4.90 Å². The average Bonchev–Trinajstić information content (AvgIpc) is 3.21. The second-order valence-electron chi connectivity index (χ2n) is 6.39. The summed E-state index contributed by atoms with van der Waals surface area (Å²) in [7, 11) is 0. The van der Waals surface area contributed by atoms with Gasteiger partial charge in [-0.15, -0.1) is 0 Å². The number of hydrogen-bond donors (Lipinski definition) is 0. The van der Waals surface area contributed by atoms with Gasteiger partial charge in [-0.25, -0.2) is 4.79 Å². The number of rotatable bonds is 3. The first-order valence-electron chi connectivity index (χ1n) is 8.85. The number of piperazine rings is 1. The molecule has 2 aromatic rings. The summed E-state index contributed by atoms with van der Waals surface area (Å²) in [6, 6.07) is 10.4. The largest absolute Gasteiger partial charge is 0.467 e. The fourth-order valence-corrected chi connectivity index (χ4v) is 3.09. The van der Waals surface area contributed by atoms with Gasteiger partial charge in [0.25, 0.3) is 0 Å². The van der Waals surface area contributed by atoms with Gasteiger partial charge in [-0.3, -0.25) is 4.90 Å². The molecule has 9 heteroatoms. The Labute approximate surface area is 171 Å². The first-order valence-corrected chi connectivity index (χ1v) is 9.22. The van der Waals surface area contributed by atoms with E-state index < -0.39 is 18.9 Å². The third kappa shape index (κ3) is 6.17. The van der Waals surface area contributed by atoms with E-state index in [1.54, 1.807) is 36.6 Å². The number of nitrogens with zero attached hydrogens (tertiary/aromatic N) is 2. The topological polar surface area (TPSA) is 45.9 Å². The molecule has 1 aliphatic rings. The fraction of sp³-hybridized carbons (Fsp3) is 0.350.